The number of ketones is 1. The zero-order chi connectivity index (χ0) is 20.8. The Morgan fingerprint density at radius 2 is 1.79 bits per heavy atom. The number of methoxy groups -OCH3 is 2. The summed E-state index contributed by atoms with van der Waals surface area (Å²) in [7, 11) is 3.35. The molecule has 1 unspecified atom stereocenters. The van der Waals surface area contributed by atoms with E-state index in [0.29, 0.717) is 71.2 Å². The fourth-order valence-electron chi connectivity index (χ4n) is 2.97. The van der Waals surface area contributed by atoms with Gasteiger partial charge in [0.1, 0.15) is 5.78 Å². The summed E-state index contributed by atoms with van der Waals surface area (Å²) in [6.45, 7) is 5.70. The van der Waals surface area contributed by atoms with E-state index in [-0.39, 0.29) is 23.5 Å². The Balaban J connectivity index is 1.98. The van der Waals surface area contributed by atoms with Gasteiger partial charge in [-0.2, -0.15) is 0 Å². The Labute approximate surface area is 168 Å². The molecule has 0 spiro atoms. The van der Waals surface area contributed by atoms with Gasteiger partial charge in [0.2, 0.25) is 11.8 Å². The number of ether oxygens (including phenoxy) is 3. The van der Waals surface area contributed by atoms with Gasteiger partial charge in [-0.15, -0.1) is 0 Å². The van der Waals surface area contributed by atoms with Gasteiger partial charge in [-0.05, 0) is 26.2 Å². The van der Waals surface area contributed by atoms with Gasteiger partial charge in [0, 0.05) is 65.8 Å². The fraction of sp³-hybridized carbons (Fsp3) is 0.850. The van der Waals surface area contributed by atoms with Crippen molar-refractivity contribution in [2.75, 3.05) is 60.3 Å². The quantitative estimate of drug-likeness (QED) is 0.389. The number of nitrogens with one attached hydrogen (secondary N) is 1. The lowest BCUT2D eigenvalue weighted by Crippen LogP contribution is -2.52. The molecule has 1 fully saturated rings. The summed E-state index contributed by atoms with van der Waals surface area (Å²) >= 11 is 0. The summed E-state index contributed by atoms with van der Waals surface area (Å²) in [5.74, 6) is 0.429. The Hall–Kier alpha value is -1.51. The number of nitrogens with zero attached hydrogens (tertiary/aromatic N) is 1. The Bertz CT molecular complexity index is 479. The molecule has 2 amide bonds. The number of Topliss-reactive ketones (excluding diaryl/α,β-unsaturated/α-hetero) is 1. The summed E-state index contributed by atoms with van der Waals surface area (Å²) in [6.07, 6.45) is 2.86. The molecule has 0 saturated carbocycles. The maximum absolute atomic E-state index is 11.9. The van der Waals surface area contributed by atoms with Crippen LogP contribution in [0.15, 0.2) is 0 Å². The molecule has 0 aromatic heterocycles. The summed E-state index contributed by atoms with van der Waals surface area (Å²) in [5.41, 5.74) is 0. The maximum Gasteiger partial charge on any atom is 0.222 e. The molecule has 162 valence electrons. The van der Waals surface area contributed by atoms with Crippen molar-refractivity contribution < 1.29 is 28.6 Å². The first-order valence-electron chi connectivity index (χ1n) is 10.1. The average Bonchev–Trinajstić information content (AvgIpc) is 2.60. The molecule has 28 heavy (non-hydrogen) atoms. The molecule has 1 heterocycles. The maximum atomic E-state index is 11.9. The lowest BCUT2D eigenvalue weighted by molar-refractivity contribution is -0.141. The van der Waals surface area contributed by atoms with Gasteiger partial charge in [-0.3, -0.25) is 14.4 Å². The van der Waals surface area contributed by atoms with Crippen LogP contribution in [0.2, 0.25) is 0 Å². The van der Waals surface area contributed by atoms with E-state index in [4.69, 9.17) is 14.2 Å². The minimum Gasteiger partial charge on any atom is -0.385 e. The Morgan fingerprint density at radius 3 is 2.43 bits per heavy atom. The third-order valence-corrected chi connectivity index (χ3v) is 4.88. The molecule has 8 nitrogen and oxygen atoms in total. The number of rotatable bonds is 16. The number of carbonyl (C=O) groups is 3. The standard InChI is InChI=1S/C20H36N2O6/c1-16(23)18-12-22(13-18)20(25)7-4-6-19(24)21-9-5-10-28-15-17(14-27-3)8-11-26-2/h17-18H,4-15H2,1-3H3,(H,21,24). The van der Waals surface area contributed by atoms with Crippen molar-refractivity contribution in [2.45, 2.75) is 39.0 Å². The van der Waals surface area contributed by atoms with Gasteiger partial charge in [-0.25, -0.2) is 0 Å². The van der Waals surface area contributed by atoms with Gasteiger partial charge in [0.25, 0.3) is 0 Å². The molecule has 1 aliphatic heterocycles. The van der Waals surface area contributed by atoms with E-state index in [1.807, 2.05) is 0 Å². The highest BCUT2D eigenvalue weighted by molar-refractivity contribution is 5.84. The lowest BCUT2D eigenvalue weighted by Gasteiger charge is -2.37. The van der Waals surface area contributed by atoms with Crippen LogP contribution in [0.5, 0.6) is 0 Å². The number of amides is 2. The minimum absolute atomic E-state index is 0.000719. The highest BCUT2D eigenvalue weighted by Gasteiger charge is 2.32. The molecular formula is C20H36N2O6. The summed E-state index contributed by atoms with van der Waals surface area (Å²) < 4.78 is 15.9. The molecule has 0 aliphatic carbocycles. The van der Waals surface area contributed by atoms with Crippen molar-refractivity contribution in [1.82, 2.24) is 10.2 Å². The predicted octanol–water partition coefficient (Wildman–Crippen LogP) is 1.03. The highest BCUT2D eigenvalue weighted by atomic mass is 16.5. The van der Waals surface area contributed by atoms with E-state index in [1.165, 1.54) is 0 Å². The van der Waals surface area contributed by atoms with E-state index in [1.54, 1.807) is 26.0 Å². The second-order valence-corrected chi connectivity index (χ2v) is 7.34. The van der Waals surface area contributed by atoms with E-state index in [2.05, 4.69) is 5.32 Å². The molecule has 8 heteroatoms. The fourth-order valence-corrected chi connectivity index (χ4v) is 2.97. The predicted molar refractivity (Wildman–Crippen MR) is 105 cm³/mol. The molecule has 0 radical (unpaired) electrons. The van der Waals surface area contributed by atoms with Crippen LogP contribution in [-0.2, 0) is 28.6 Å². The average molecular weight is 401 g/mol. The van der Waals surface area contributed by atoms with Crippen LogP contribution < -0.4 is 5.32 Å². The molecule has 0 aromatic rings. The number of carbonyl (C=O) groups excluding carboxylic acids is 3. The second kappa shape index (κ2) is 14.5. The molecule has 1 aliphatic rings. The van der Waals surface area contributed by atoms with E-state index >= 15 is 0 Å². The molecule has 0 bridgehead atoms. The van der Waals surface area contributed by atoms with Crippen LogP contribution in [0, 0.1) is 11.8 Å². The zero-order valence-corrected chi connectivity index (χ0v) is 17.5. The van der Waals surface area contributed by atoms with Crippen molar-refractivity contribution in [1.29, 1.82) is 0 Å². The number of hydrogen-bond acceptors (Lipinski definition) is 6. The SMILES string of the molecule is COCCC(COC)COCCCNC(=O)CCCC(=O)N1CC(C(C)=O)C1. The number of likely N-dealkylation sites (tertiary alicyclic amines) is 1. The molecular weight excluding hydrogens is 364 g/mol. The second-order valence-electron chi connectivity index (χ2n) is 7.34. The zero-order valence-electron chi connectivity index (χ0n) is 17.5. The van der Waals surface area contributed by atoms with E-state index < -0.39 is 0 Å². The third kappa shape index (κ3) is 10.1. The molecule has 1 rings (SSSR count). The first kappa shape index (κ1) is 24.5. The van der Waals surface area contributed by atoms with Gasteiger partial charge >= 0.3 is 0 Å². The lowest BCUT2D eigenvalue weighted by atomic mass is 9.95. The largest absolute Gasteiger partial charge is 0.385 e. The van der Waals surface area contributed by atoms with Crippen molar-refractivity contribution in [3.8, 4) is 0 Å². The number of hydrogen-bond donors (Lipinski definition) is 1. The highest BCUT2D eigenvalue weighted by Crippen LogP contribution is 2.18. The summed E-state index contributed by atoms with van der Waals surface area (Å²) in [4.78, 5) is 36.6. The smallest absolute Gasteiger partial charge is 0.222 e. The van der Waals surface area contributed by atoms with Gasteiger partial charge in [0.15, 0.2) is 0 Å². The first-order chi connectivity index (χ1) is 13.5. The van der Waals surface area contributed by atoms with Crippen molar-refractivity contribution in [2.24, 2.45) is 11.8 Å². The van der Waals surface area contributed by atoms with Gasteiger partial charge in [-0.1, -0.05) is 0 Å². The van der Waals surface area contributed by atoms with Crippen LogP contribution in [0.25, 0.3) is 0 Å². The Morgan fingerprint density at radius 1 is 1.04 bits per heavy atom. The normalized spacial score (nSPS) is 15.2. The van der Waals surface area contributed by atoms with Gasteiger partial charge < -0.3 is 24.4 Å². The summed E-state index contributed by atoms with van der Waals surface area (Å²) in [6, 6.07) is 0. The van der Waals surface area contributed by atoms with Crippen LogP contribution in [0.4, 0.5) is 0 Å². The van der Waals surface area contributed by atoms with Crippen LogP contribution >= 0.6 is 0 Å². The monoisotopic (exact) mass is 400 g/mol. The minimum atomic E-state index is -0.0459. The van der Waals surface area contributed by atoms with Crippen molar-refractivity contribution >= 4 is 17.6 Å². The van der Waals surface area contributed by atoms with Crippen molar-refractivity contribution in [3.05, 3.63) is 0 Å². The summed E-state index contributed by atoms with van der Waals surface area (Å²) in [5, 5.41) is 2.85. The third-order valence-electron chi connectivity index (χ3n) is 4.88. The van der Waals surface area contributed by atoms with Crippen LogP contribution in [-0.4, -0.2) is 82.8 Å². The van der Waals surface area contributed by atoms with E-state index in [0.717, 1.165) is 12.8 Å². The Kier molecular flexibility index (Phi) is 12.7. The topological polar surface area (TPSA) is 94.2 Å². The van der Waals surface area contributed by atoms with Crippen molar-refractivity contribution in [3.63, 3.8) is 0 Å². The van der Waals surface area contributed by atoms with E-state index in [9.17, 15) is 14.4 Å². The molecule has 1 N–H and O–H groups in total. The molecule has 1 atom stereocenters. The van der Waals surface area contributed by atoms with Crippen LogP contribution in [0.1, 0.15) is 39.0 Å². The molecule has 0 aromatic carbocycles. The van der Waals surface area contributed by atoms with Crippen LogP contribution in [0.3, 0.4) is 0 Å². The first-order valence-corrected chi connectivity index (χ1v) is 10.1. The van der Waals surface area contributed by atoms with Gasteiger partial charge in [0.05, 0.1) is 19.1 Å². The molecule has 1 saturated heterocycles.